The lowest BCUT2D eigenvalue weighted by molar-refractivity contribution is 0.116. The average Bonchev–Trinajstić information content (AvgIpc) is 2.59. The van der Waals surface area contributed by atoms with Crippen molar-refractivity contribution in [2.75, 3.05) is 12.3 Å². The van der Waals surface area contributed by atoms with Crippen molar-refractivity contribution in [3.63, 3.8) is 0 Å². The number of aromatic nitrogens is 1. The minimum Gasteiger partial charge on any atom is -0.438 e. The Labute approximate surface area is 81.7 Å². The number of ether oxygens (including phenoxy) is 1. The van der Waals surface area contributed by atoms with Crippen molar-refractivity contribution in [3.8, 4) is 0 Å². The quantitative estimate of drug-likeness (QED) is 0.755. The maximum Gasteiger partial charge on any atom is 0.221 e. The summed E-state index contributed by atoms with van der Waals surface area (Å²) < 4.78 is 10.6. The smallest absolute Gasteiger partial charge is 0.221 e. The molecule has 0 saturated carbocycles. The molecule has 0 unspecified atom stereocenters. The van der Waals surface area contributed by atoms with Crippen molar-refractivity contribution in [1.82, 2.24) is 4.98 Å². The first-order valence-corrected chi connectivity index (χ1v) is 4.53. The maximum absolute atomic E-state index is 5.73. The molecular weight excluding hydrogens is 180 g/mol. The van der Waals surface area contributed by atoms with E-state index in [4.69, 9.17) is 14.9 Å². The van der Waals surface area contributed by atoms with E-state index in [1.165, 1.54) is 0 Å². The second-order valence-corrected chi connectivity index (χ2v) is 2.94. The SMILES string of the molecule is CCOCc1nc2c(N)cccc2o1. The van der Waals surface area contributed by atoms with Crippen molar-refractivity contribution in [2.45, 2.75) is 13.5 Å². The monoisotopic (exact) mass is 192 g/mol. The minimum absolute atomic E-state index is 0.393. The van der Waals surface area contributed by atoms with Gasteiger partial charge in [-0.3, -0.25) is 0 Å². The number of nitrogen functional groups attached to an aromatic ring is 1. The summed E-state index contributed by atoms with van der Waals surface area (Å²) in [6.07, 6.45) is 0. The second kappa shape index (κ2) is 3.67. The summed E-state index contributed by atoms with van der Waals surface area (Å²) in [6, 6.07) is 5.48. The van der Waals surface area contributed by atoms with E-state index in [-0.39, 0.29) is 0 Å². The van der Waals surface area contributed by atoms with Crippen LogP contribution in [0.25, 0.3) is 11.1 Å². The number of nitrogens with zero attached hydrogens (tertiary/aromatic N) is 1. The van der Waals surface area contributed by atoms with E-state index < -0.39 is 0 Å². The molecule has 1 aromatic heterocycles. The van der Waals surface area contributed by atoms with Gasteiger partial charge in [0.05, 0.1) is 5.69 Å². The summed E-state index contributed by atoms with van der Waals surface area (Å²) in [5.41, 5.74) is 7.79. The first-order chi connectivity index (χ1) is 6.81. The number of anilines is 1. The highest BCUT2D eigenvalue weighted by molar-refractivity contribution is 5.85. The van der Waals surface area contributed by atoms with Crippen LogP contribution in [0.3, 0.4) is 0 Å². The summed E-state index contributed by atoms with van der Waals surface area (Å²) in [7, 11) is 0. The van der Waals surface area contributed by atoms with E-state index in [1.807, 2.05) is 19.1 Å². The standard InChI is InChI=1S/C10H12N2O2/c1-2-13-6-9-12-10-7(11)4-3-5-8(10)14-9/h3-5H,2,6,11H2,1H3. The van der Waals surface area contributed by atoms with Gasteiger partial charge in [0.25, 0.3) is 0 Å². The maximum atomic E-state index is 5.73. The number of benzene rings is 1. The van der Waals surface area contributed by atoms with Gasteiger partial charge in [0, 0.05) is 6.61 Å². The summed E-state index contributed by atoms with van der Waals surface area (Å²) in [4.78, 5) is 4.23. The Morgan fingerprint density at radius 2 is 2.36 bits per heavy atom. The molecule has 14 heavy (non-hydrogen) atoms. The Morgan fingerprint density at radius 3 is 3.07 bits per heavy atom. The van der Waals surface area contributed by atoms with Crippen LogP contribution in [0.15, 0.2) is 22.6 Å². The second-order valence-electron chi connectivity index (χ2n) is 2.94. The molecule has 0 aliphatic carbocycles. The molecule has 0 saturated heterocycles. The van der Waals surface area contributed by atoms with E-state index in [2.05, 4.69) is 4.98 Å². The van der Waals surface area contributed by atoms with Crippen molar-refractivity contribution in [3.05, 3.63) is 24.1 Å². The van der Waals surface area contributed by atoms with Crippen LogP contribution in [0.4, 0.5) is 5.69 Å². The molecule has 0 fully saturated rings. The fourth-order valence-electron chi connectivity index (χ4n) is 1.27. The molecule has 74 valence electrons. The van der Waals surface area contributed by atoms with Crippen LogP contribution < -0.4 is 5.73 Å². The summed E-state index contributed by atoms with van der Waals surface area (Å²) in [5.74, 6) is 0.569. The zero-order valence-corrected chi connectivity index (χ0v) is 7.99. The highest BCUT2D eigenvalue weighted by Gasteiger charge is 2.07. The largest absolute Gasteiger partial charge is 0.438 e. The van der Waals surface area contributed by atoms with Crippen molar-refractivity contribution in [2.24, 2.45) is 0 Å². The number of fused-ring (bicyclic) bond motifs is 1. The number of hydrogen-bond acceptors (Lipinski definition) is 4. The molecule has 4 heteroatoms. The normalized spacial score (nSPS) is 10.9. The molecule has 1 aromatic carbocycles. The molecule has 0 aliphatic rings. The van der Waals surface area contributed by atoms with Gasteiger partial charge in [0.2, 0.25) is 5.89 Å². The van der Waals surface area contributed by atoms with Gasteiger partial charge < -0.3 is 14.9 Å². The van der Waals surface area contributed by atoms with Crippen LogP contribution >= 0.6 is 0 Å². The van der Waals surface area contributed by atoms with Crippen molar-refractivity contribution < 1.29 is 9.15 Å². The molecule has 2 aromatic rings. The van der Waals surface area contributed by atoms with Crippen LogP contribution in [0.1, 0.15) is 12.8 Å². The van der Waals surface area contributed by atoms with Gasteiger partial charge in [-0.25, -0.2) is 4.98 Å². The topological polar surface area (TPSA) is 61.3 Å². The van der Waals surface area contributed by atoms with Gasteiger partial charge in [-0.1, -0.05) is 6.07 Å². The first-order valence-electron chi connectivity index (χ1n) is 4.53. The number of para-hydroxylation sites is 1. The third-order valence-electron chi connectivity index (χ3n) is 1.92. The van der Waals surface area contributed by atoms with Crippen molar-refractivity contribution >= 4 is 16.8 Å². The molecule has 0 amide bonds. The molecule has 2 rings (SSSR count). The number of hydrogen-bond donors (Lipinski definition) is 1. The van der Waals surface area contributed by atoms with E-state index in [1.54, 1.807) is 6.07 Å². The Bertz CT molecular complexity index is 437. The number of oxazole rings is 1. The zero-order chi connectivity index (χ0) is 9.97. The Morgan fingerprint density at radius 1 is 1.50 bits per heavy atom. The molecule has 0 atom stereocenters. The van der Waals surface area contributed by atoms with Gasteiger partial charge in [-0.15, -0.1) is 0 Å². The lowest BCUT2D eigenvalue weighted by Crippen LogP contribution is -1.91. The number of nitrogens with two attached hydrogens (primary N) is 1. The predicted octanol–water partition coefficient (Wildman–Crippen LogP) is 1.95. The molecule has 4 nitrogen and oxygen atoms in total. The van der Waals surface area contributed by atoms with Gasteiger partial charge in [0.1, 0.15) is 12.1 Å². The minimum atomic E-state index is 0.393. The van der Waals surface area contributed by atoms with Crippen LogP contribution in [0.2, 0.25) is 0 Å². The lowest BCUT2D eigenvalue weighted by atomic mass is 10.3. The predicted molar refractivity (Wildman–Crippen MR) is 53.8 cm³/mol. The zero-order valence-electron chi connectivity index (χ0n) is 7.99. The number of rotatable bonds is 3. The van der Waals surface area contributed by atoms with Gasteiger partial charge in [-0.05, 0) is 19.1 Å². The third-order valence-corrected chi connectivity index (χ3v) is 1.92. The molecule has 0 radical (unpaired) electrons. The Balaban J connectivity index is 2.36. The van der Waals surface area contributed by atoms with Crippen LogP contribution in [-0.4, -0.2) is 11.6 Å². The summed E-state index contributed by atoms with van der Waals surface area (Å²) in [6.45, 7) is 2.97. The Hall–Kier alpha value is -1.55. The molecule has 1 heterocycles. The molecule has 2 N–H and O–H groups in total. The van der Waals surface area contributed by atoms with E-state index in [9.17, 15) is 0 Å². The van der Waals surface area contributed by atoms with Crippen LogP contribution in [0, 0.1) is 0 Å². The summed E-state index contributed by atoms with van der Waals surface area (Å²) >= 11 is 0. The molecule has 0 spiro atoms. The third kappa shape index (κ3) is 1.56. The highest BCUT2D eigenvalue weighted by atomic mass is 16.5. The van der Waals surface area contributed by atoms with Crippen LogP contribution in [0.5, 0.6) is 0 Å². The highest BCUT2D eigenvalue weighted by Crippen LogP contribution is 2.21. The van der Waals surface area contributed by atoms with Crippen molar-refractivity contribution in [1.29, 1.82) is 0 Å². The molecular formula is C10H12N2O2. The van der Waals surface area contributed by atoms with Crippen LogP contribution in [-0.2, 0) is 11.3 Å². The molecule has 0 aliphatic heterocycles. The first kappa shape index (κ1) is 9.02. The molecule has 0 bridgehead atoms. The van der Waals surface area contributed by atoms with Gasteiger partial charge in [0.15, 0.2) is 5.58 Å². The van der Waals surface area contributed by atoms with E-state index >= 15 is 0 Å². The average molecular weight is 192 g/mol. The Kier molecular flexibility index (Phi) is 2.37. The summed E-state index contributed by atoms with van der Waals surface area (Å²) in [5, 5.41) is 0. The van der Waals surface area contributed by atoms with E-state index in [0.717, 1.165) is 0 Å². The van der Waals surface area contributed by atoms with Gasteiger partial charge in [-0.2, -0.15) is 0 Å². The lowest BCUT2D eigenvalue weighted by Gasteiger charge is -1.92. The fraction of sp³-hybridized carbons (Fsp3) is 0.300. The van der Waals surface area contributed by atoms with Gasteiger partial charge >= 0.3 is 0 Å². The van der Waals surface area contributed by atoms with E-state index in [0.29, 0.717) is 35.9 Å². The fourth-order valence-corrected chi connectivity index (χ4v) is 1.27.